The van der Waals surface area contributed by atoms with Crippen molar-refractivity contribution in [2.45, 2.75) is 25.8 Å². The van der Waals surface area contributed by atoms with Crippen molar-refractivity contribution in [3.05, 3.63) is 28.2 Å². The van der Waals surface area contributed by atoms with Crippen LogP contribution in [0.15, 0.2) is 22.7 Å². The van der Waals surface area contributed by atoms with Crippen molar-refractivity contribution in [1.29, 1.82) is 0 Å². The van der Waals surface area contributed by atoms with Crippen LogP contribution in [-0.4, -0.2) is 33.4 Å². The fourth-order valence-corrected chi connectivity index (χ4v) is 2.27. The highest BCUT2D eigenvalue weighted by molar-refractivity contribution is 9.10. The number of halogens is 1. The number of methoxy groups -OCH3 is 1. The number of anilines is 1. The third-order valence-electron chi connectivity index (χ3n) is 3.09. The number of ether oxygens (including phenoxy) is 1. The summed E-state index contributed by atoms with van der Waals surface area (Å²) in [6, 6.07) is 6.58. The Morgan fingerprint density at radius 2 is 2.17 bits per heavy atom. The Morgan fingerprint density at radius 1 is 1.44 bits per heavy atom. The molecule has 0 radical (unpaired) electrons. The molecule has 4 heteroatoms. The lowest BCUT2D eigenvalue weighted by Crippen LogP contribution is -2.26. The zero-order chi connectivity index (χ0) is 13.5. The lowest BCUT2D eigenvalue weighted by atomic mass is 10.0. The number of benzene rings is 1. The molecule has 0 fully saturated rings. The molecule has 0 saturated heterocycles. The normalized spacial score (nSPS) is 12.5. The van der Waals surface area contributed by atoms with Crippen molar-refractivity contribution in [1.82, 2.24) is 0 Å². The minimum Gasteiger partial charge on any atom is -0.383 e. The third kappa shape index (κ3) is 4.59. The Kier molecular flexibility index (Phi) is 6.68. The van der Waals surface area contributed by atoms with Gasteiger partial charge in [-0.1, -0.05) is 22.9 Å². The average Bonchev–Trinajstić information content (AvgIpc) is 2.36. The SMILES string of the molecule is CCC(N)Cc1cc(Br)ccc1N(C)CCOC. The molecular formula is C14H23BrN2O. The standard InChI is InChI=1S/C14H23BrN2O/c1-4-13(16)10-11-9-12(15)5-6-14(11)17(2)7-8-18-3/h5-6,9,13H,4,7-8,10,16H2,1-3H3. The first-order valence-corrected chi connectivity index (χ1v) is 7.11. The molecule has 0 aromatic heterocycles. The van der Waals surface area contributed by atoms with Gasteiger partial charge in [-0.2, -0.15) is 0 Å². The summed E-state index contributed by atoms with van der Waals surface area (Å²) >= 11 is 3.53. The van der Waals surface area contributed by atoms with E-state index in [1.165, 1.54) is 11.3 Å². The predicted molar refractivity (Wildman–Crippen MR) is 81.3 cm³/mol. The van der Waals surface area contributed by atoms with Crippen LogP contribution < -0.4 is 10.6 Å². The first-order valence-electron chi connectivity index (χ1n) is 6.32. The minimum atomic E-state index is 0.217. The van der Waals surface area contributed by atoms with Gasteiger partial charge >= 0.3 is 0 Å². The van der Waals surface area contributed by atoms with Crippen LogP contribution in [0.1, 0.15) is 18.9 Å². The Labute approximate surface area is 118 Å². The Hall–Kier alpha value is -0.580. The number of nitrogens with two attached hydrogens (primary N) is 1. The Morgan fingerprint density at radius 3 is 2.78 bits per heavy atom. The van der Waals surface area contributed by atoms with E-state index in [4.69, 9.17) is 10.5 Å². The summed E-state index contributed by atoms with van der Waals surface area (Å²) in [6.45, 7) is 3.73. The van der Waals surface area contributed by atoms with E-state index in [-0.39, 0.29) is 6.04 Å². The summed E-state index contributed by atoms with van der Waals surface area (Å²) in [6.07, 6.45) is 1.90. The zero-order valence-corrected chi connectivity index (χ0v) is 13.0. The smallest absolute Gasteiger partial charge is 0.0637 e. The summed E-state index contributed by atoms with van der Waals surface area (Å²) < 4.78 is 6.23. The molecular weight excluding hydrogens is 292 g/mol. The predicted octanol–water partition coefficient (Wildman–Crippen LogP) is 2.81. The quantitative estimate of drug-likeness (QED) is 0.841. The van der Waals surface area contributed by atoms with Crippen LogP contribution in [-0.2, 0) is 11.2 Å². The molecule has 102 valence electrons. The third-order valence-corrected chi connectivity index (χ3v) is 3.58. The van der Waals surface area contributed by atoms with Gasteiger partial charge in [-0.3, -0.25) is 0 Å². The molecule has 3 nitrogen and oxygen atoms in total. The zero-order valence-electron chi connectivity index (χ0n) is 11.4. The molecule has 0 bridgehead atoms. The fourth-order valence-electron chi connectivity index (χ4n) is 1.87. The van der Waals surface area contributed by atoms with Gasteiger partial charge in [-0.15, -0.1) is 0 Å². The maximum atomic E-state index is 6.07. The first-order chi connectivity index (χ1) is 8.58. The highest BCUT2D eigenvalue weighted by atomic mass is 79.9. The Balaban J connectivity index is 2.88. The van der Waals surface area contributed by atoms with Crippen molar-refractivity contribution in [2.24, 2.45) is 5.73 Å². The number of rotatable bonds is 7. The van der Waals surface area contributed by atoms with E-state index >= 15 is 0 Å². The minimum absolute atomic E-state index is 0.217. The Bertz CT molecular complexity index is 371. The molecule has 1 rings (SSSR count). The van der Waals surface area contributed by atoms with Gasteiger partial charge < -0.3 is 15.4 Å². The molecule has 0 spiro atoms. The molecule has 1 unspecified atom stereocenters. The number of nitrogens with zero attached hydrogens (tertiary/aromatic N) is 1. The van der Waals surface area contributed by atoms with Crippen LogP contribution in [0.4, 0.5) is 5.69 Å². The molecule has 0 aliphatic rings. The highest BCUT2D eigenvalue weighted by Gasteiger charge is 2.10. The maximum Gasteiger partial charge on any atom is 0.0637 e. The second-order valence-electron chi connectivity index (χ2n) is 4.56. The lowest BCUT2D eigenvalue weighted by molar-refractivity contribution is 0.206. The van der Waals surface area contributed by atoms with Gasteiger partial charge in [-0.05, 0) is 36.6 Å². The van der Waals surface area contributed by atoms with Crippen molar-refractivity contribution in [2.75, 3.05) is 32.2 Å². The first kappa shape index (κ1) is 15.5. The summed E-state index contributed by atoms with van der Waals surface area (Å²) in [4.78, 5) is 2.22. The van der Waals surface area contributed by atoms with E-state index in [0.29, 0.717) is 0 Å². The van der Waals surface area contributed by atoms with E-state index < -0.39 is 0 Å². The van der Waals surface area contributed by atoms with Gasteiger partial charge in [0.15, 0.2) is 0 Å². The van der Waals surface area contributed by atoms with Crippen molar-refractivity contribution >= 4 is 21.6 Å². The van der Waals surface area contributed by atoms with Gasteiger partial charge in [0.2, 0.25) is 0 Å². The molecule has 0 saturated carbocycles. The molecule has 1 aromatic carbocycles. The number of hydrogen-bond donors (Lipinski definition) is 1. The van der Waals surface area contributed by atoms with Crippen molar-refractivity contribution < 1.29 is 4.74 Å². The van der Waals surface area contributed by atoms with Crippen LogP contribution in [0.3, 0.4) is 0 Å². The molecule has 1 aromatic rings. The van der Waals surface area contributed by atoms with Crippen LogP contribution >= 0.6 is 15.9 Å². The highest BCUT2D eigenvalue weighted by Crippen LogP contribution is 2.25. The molecule has 18 heavy (non-hydrogen) atoms. The van der Waals surface area contributed by atoms with Gasteiger partial charge in [0.1, 0.15) is 0 Å². The lowest BCUT2D eigenvalue weighted by Gasteiger charge is -2.23. The maximum absolute atomic E-state index is 6.07. The van der Waals surface area contributed by atoms with E-state index in [1.54, 1.807) is 7.11 Å². The molecule has 0 heterocycles. The van der Waals surface area contributed by atoms with Crippen molar-refractivity contribution in [3.63, 3.8) is 0 Å². The van der Waals surface area contributed by atoms with Gasteiger partial charge in [-0.25, -0.2) is 0 Å². The van der Waals surface area contributed by atoms with Gasteiger partial charge in [0, 0.05) is 36.9 Å². The average molecular weight is 315 g/mol. The van der Waals surface area contributed by atoms with Gasteiger partial charge in [0.25, 0.3) is 0 Å². The van der Waals surface area contributed by atoms with E-state index in [9.17, 15) is 0 Å². The monoisotopic (exact) mass is 314 g/mol. The van der Waals surface area contributed by atoms with Crippen molar-refractivity contribution in [3.8, 4) is 0 Å². The summed E-state index contributed by atoms with van der Waals surface area (Å²) in [5, 5.41) is 0. The van der Waals surface area contributed by atoms with E-state index in [0.717, 1.165) is 30.5 Å². The molecule has 0 amide bonds. The van der Waals surface area contributed by atoms with Crippen LogP contribution in [0.2, 0.25) is 0 Å². The summed E-state index contributed by atoms with van der Waals surface area (Å²) in [5.41, 5.74) is 8.59. The molecule has 0 aliphatic heterocycles. The molecule has 0 aliphatic carbocycles. The number of hydrogen-bond acceptors (Lipinski definition) is 3. The van der Waals surface area contributed by atoms with Crippen LogP contribution in [0.5, 0.6) is 0 Å². The van der Waals surface area contributed by atoms with E-state index in [2.05, 4.69) is 53.0 Å². The topological polar surface area (TPSA) is 38.5 Å². The van der Waals surface area contributed by atoms with Crippen LogP contribution in [0.25, 0.3) is 0 Å². The summed E-state index contributed by atoms with van der Waals surface area (Å²) in [5.74, 6) is 0. The fraction of sp³-hybridized carbons (Fsp3) is 0.571. The summed E-state index contributed by atoms with van der Waals surface area (Å²) in [7, 11) is 3.81. The second-order valence-corrected chi connectivity index (χ2v) is 5.48. The molecule has 1 atom stereocenters. The van der Waals surface area contributed by atoms with Gasteiger partial charge in [0.05, 0.1) is 6.61 Å². The largest absolute Gasteiger partial charge is 0.383 e. The van der Waals surface area contributed by atoms with E-state index in [1.807, 2.05) is 0 Å². The second kappa shape index (κ2) is 7.77. The molecule has 2 N–H and O–H groups in total. The number of likely N-dealkylation sites (N-methyl/N-ethyl adjacent to an activating group) is 1. The van der Waals surface area contributed by atoms with Crippen LogP contribution in [0, 0.1) is 0 Å².